The highest BCUT2D eigenvalue weighted by Gasteiger charge is 2.29. The van der Waals surface area contributed by atoms with Gasteiger partial charge in [-0.2, -0.15) is 5.10 Å². The summed E-state index contributed by atoms with van der Waals surface area (Å²) in [6.07, 6.45) is 8.04. The van der Waals surface area contributed by atoms with Gasteiger partial charge in [0.1, 0.15) is 17.2 Å². The summed E-state index contributed by atoms with van der Waals surface area (Å²) in [5.74, 6) is 1.93. The van der Waals surface area contributed by atoms with Crippen molar-refractivity contribution in [3.63, 3.8) is 0 Å². The van der Waals surface area contributed by atoms with Crippen LogP contribution >= 0.6 is 0 Å². The maximum Gasteiger partial charge on any atom is 0.243 e. The summed E-state index contributed by atoms with van der Waals surface area (Å²) < 4.78 is 6.82. The number of H-pyrrole nitrogens is 1. The third kappa shape index (κ3) is 6.63. The summed E-state index contributed by atoms with van der Waals surface area (Å²) in [5.41, 5.74) is 6.11. The number of carbonyl (C=O) groups excluding carboxylic acids is 1. The Morgan fingerprint density at radius 2 is 1.70 bits per heavy atom. The minimum absolute atomic E-state index is 0.0446. The lowest BCUT2D eigenvalue weighted by Crippen LogP contribution is -2.31. The average Bonchev–Trinajstić information content (AvgIpc) is 3.68. The first-order valence-corrected chi connectivity index (χ1v) is 14.7. The Balaban J connectivity index is 1.32. The van der Waals surface area contributed by atoms with Crippen LogP contribution in [0.5, 0.6) is 17.2 Å². The van der Waals surface area contributed by atoms with Crippen LogP contribution in [-0.2, 0) is 4.79 Å². The van der Waals surface area contributed by atoms with Gasteiger partial charge in [0.2, 0.25) is 5.91 Å². The van der Waals surface area contributed by atoms with Crippen LogP contribution in [0, 0.1) is 0 Å². The van der Waals surface area contributed by atoms with Crippen LogP contribution in [0.1, 0.15) is 30.7 Å². The minimum atomic E-state index is -0.0446. The van der Waals surface area contributed by atoms with E-state index in [1.165, 1.54) is 0 Å². The van der Waals surface area contributed by atoms with Gasteiger partial charge in [-0.1, -0.05) is 60.7 Å². The van der Waals surface area contributed by atoms with Crippen molar-refractivity contribution in [2.24, 2.45) is 0 Å². The van der Waals surface area contributed by atoms with E-state index in [-0.39, 0.29) is 23.6 Å². The molecule has 3 N–H and O–H groups in total. The Kier molecular flexibility index (Phi) is 8.24. The molecule has 1 aliphatic carbocycles. The summed E-state index contributed by atoms with van der Waals surface area (Å²) in [5, 5.41) is 21.3. The smallest absolute Gasteiger partial charge is 0.243 e. The van der Waals surface area contributed by atoms with Gasteiger partial charge in [-0.3, -0.25) is 9.89 Å². The number of carbonyl (C=O) groups is 1. The molecule has 1 saturated carbocycles. The molecule has 0 unspecified atom stereocenters. The van der Waals surface area contributed by atoms with E-state index >= 15 is 0 Å². The largest absolute Gasteiger partial charge is 0.508 e. The standard InChI is InChI=1S/C36H36N4O3/c1-40(2)18-6-9-36(42)38-29-14-10-27(19-29)31-17-13-26(24-7-4-3-5-8-24)21-34(31)43-35-22-28(20-33-32(35)23-37-39-33)25-11-15-30(41)16-12-25/h3-9,11-13,15-17,20-23,27,29,41H,10,14,18-19H2,1-2H3,(H,37,39)(H,38,42)/b9-6+/t27-,29-/m0/s1. The van der Waals surface area contributed by atoms with E-state index < -0.39 is 0 Å². The Morgan fingerprint density at radius 1 is 0.953 bits per heavy atom. The number of aromatic hydroxyl groups is 1. The molecule has 7 heteroatoms. The Hall–Kier alpha value is -4.88. The number of benzene rings is 4. The van der Waals surface area contributed by atoms with Crippen molar-refractivity contribution >= 4 is 16.8 Å². The molecule has 0 saturated heterocycles. The van der Waals surface area contributed by atoms with Gasteiger partial charge in [0.05, 0.1) is 17.1 Å². The number of rotatable bonds is 9. The van der Waals surface area contributed by atoms with E-state index in [1.54, 1.807) is 24.4 Å². The monoisotopic (exact) mass is 572 g/mol. The average molecular weight is 573 g/mol. The molecule has 7 nitrogen and oxygen atoms in total. The van der Waals surface area contributed by atoms with Gasteiger partial charge >= 0.3 is 0 Å². The number of amides is 1. The third-order valence-corrected chi connectivity index (χ3v) is 8.02. The first-order valence-electron chi connectivity index (χ1n) is 14.7. The normalized spacial score (nSPS) is 16.7. The molecule has 1 amide bonds. The predicted molar refractivity (Wildman–Crippen MR) is 171 cm³/mol. The highest BCUT2D eigenvalue weighted by atomic mass is 16.5. The number of aromatic nitrogens is 2. The maximum absolute atomic E-state index is 12.5. The molecule has 218 valence electrons. The number of aromatic amines is 1. The van der Waals surface area contributed by atoms with E-state index in [0.717, 1.165) is 70.3 Å². The molecule has 43 heavy (non-hydrogen) atoms. The number of phenolic OH excluding ortho intramolecular Hbond substituents is 1. The molecule has 0 bridgehead atoms. The van der Waals surface area contributed by atoms with Crippen molar-refractivity contribution in [3.8, 4) is 39.5 Å². The molecule has 2 atom stereocenters. The zero-order valence-electron chi connectivity index (χ0n) is 24.5. The quantitative estimate of drug-likeness (QED) is 0.162. The summed E-state index contributed by atoms with van der Waals surface area (Å²) in [7, 11) is 3.96. The highest BCUT2D eigenvalue weighted by Crippen LogP contribution is 2.43. The molecule has 0 aliphatic heterocycles. The van der Waals surface area contributed by atoms with E-state index in [0.29, 0.717) is 5.75 Å². The van der Waals surface area contributed by atoms with Gasteiger partial charge in [-0.15, -0.1) is 0 Å². The van der Waals surface area contributed by atoms with Crippen molar-refractivity contribution in [3.05, 3.63) is 109 Å². The lowest BCUT2D eigenvalue weighted by Gasteiger charge is -2.19. The van der Waals surface area contributed by atoms with E-state index in [2.05, 4.69) is 45.8 Å². The first-order chi connectivity index (χ1) is 20.9. The second-order valence-electron chi connectivity index (χ2n) is 11.5. The molecular weight excluding hydrogens is 536 g/mol. The van der Waals surface area contributed by atoms with Gasteiger partial charge in [0.15, 0.2) is 0 Å². The molecule has 1 fully saturated rings. The van der Waals surface area contributed by atoms with Crippen molar-refractivity contribution in [1.29, 1.82) is 0 Å². The van der Waals surface area contributed by atoms with Gasteiger partial charge in [-0.25, -0.2) is 0 Å². The summed E-state index contributed by atoms with van der Waals surface area (Å²) in [6, 6.07) is 28.1. The van der Waals surface area contributed by atoms with Gasteiger partial charge in [0.25, 0.3) is 0 Å². The number of fused-ring (bicyclic) bond motifs is 1. The Bertz CT molecular complexity index is 1740. The van der Waals surface area contributed by atoms with Crippen LogP contribution in [0.3, 0.4) is 0 Å². The van der Waals surface area contributed by atoms with Crippen LogP contribution < -0.4 is 10.1 Å². The number of nitrogens with one attached hydrogen (secondary N) is 2. The lowest BCUT2D eigenvalue weighted by atomic mass is 9.93. The van der Waals surface area contributed by atoms with E-state index in [4.69, 9.17) is 4.74 Å². The fraction of sp³-hybridized carbons (Fsp3) is 0.222. The van der Waals surface area contributed by atoms with Crippen molar-refractivity contribution in [2.45, 2.75) is 31.2 Å². The topological polar surface area (TPSA) is 90.5 Å². The Morgan fingerprint density at radius 3 is 2.49 bits per heavy atom. The second kappa shape index (κ2) is 12.5. The molecule has 1 aliphatic rings. The van der Waals surface area contributed by atoms with Crippen LogP contribution in [-0.4, -0.2) is 52.8 Å². The van der Waals surface area contributed by atoms with Gasteiger partial charge in [-0.05, 0) is 97.4 Å². The summed E-state index contributed by atoms with van der Waals surface area (Å²) in [6.45, 7) is 0.729. The molecule has 6 rings (SSSR count). The summed E-state index contributed by atoms with van der Waals surface area (Å²) >= 11 is 0. The fourth-order valence-corrected chi connectivity index (χ4v) is 5.83. The molecule has 0 radical (unpaired) electrons. The van der Waals surface area contributed by atoms with E-state index in [9.17, 15) is 9.90 Å². The number of hydrogen-bond donors (Lipinski definition) is 3. The highest BCUT2D eigenvalue weighted by molar-refractivity contribution is 5.90. The molecule has 0 spiro atoms. The van der Waals surface area contributed by atoms with Crippen molar-refractivity contribution < 1.29 is 14.6 Å². The third-order valence-electron chi connectivity index (χ3n) is 8.02. The predicted octanol–water partition coefficient (Wildman–Crippen LogP) is 7.26. The van der Waals surface area contributed by atoms with Crippen molar-refractivity contribution in [2.75, 3.05) is 20.6 Å². The van der Waals surface area contributed by atoms with Crippen LogP contribution in [0.15, 0.2) is 103 Å². The molecule has 4 aromatic carbocycles. The van der Waals surface area contributed by atoms with Crippen molar-refractivity contribution in [1.82, 2.24) is 20.4 Å². The number of nitrogens with zero attached hydrogens (tertiary/aromatic N) is 2. The molecular formula is C36H36N4O3. The van der Waals surface area contributed by atoms with E-state index in [1.807, 2.05) is 67.5 Å². The number of hydrogen-bond acceptors (Lipinski definition) is 5. The van der Waals surface area contributed by atoms with Gasteiger partial charge < -0.3 is 20.1 Å². The molecule has 1 heterocycles. The number of likely N-dealkylation sites (N-methyl/N-ethyl adjacent to an activating group) is 1. The fourth-order valence-electron chi connectivity index (χ4n) is 5.83. The molecule has 1 aromatic heterocycles. The minimum Gasteiger partial charge on any atom is -0.508 e. The maximum atomic E-state index is 12.5. The number of ether oxygens (including phenoxy) is 1. The zero-order valence-corrected chi connectivity index (χ0v) is 24.5. The lowest BCUT2D eigenvalue weighted by molar-refractivity contribution is -0.117. The van der Waals surface area contributed by atoms with Crippen LogP contribution in [0.25, 0.3) is 33.2 Å². The molecule has 5 aromatic rings. The second-order valence-corrected chi connectivity index (χ2v) is 11.5. The first kappa shape index (κ1) is 28.2. The number of phenols is 1. The SMILES string of the molecule is CN(C)C/C=C/C(=O)N[C@H]1CC[C@H](c2ccc(-c3ccccc3)cc2Oc2cc(-c3ccc(O)cc3)cc3[nH]ncc23)C1. The summed E-state index contributed by atoms with van der Waals surface area (Å²) in [4.78, 5) is 14.6. The van der Waals surface area contributed by atoms with Gasteiger partial charge in [0, 0.05) is 18.7 Å². The zero-order chi connectivity index (χ0) is 29.8. The van der Waals surface area contributed by atoms with Crippen LogP contribution in [0.4, 0.5) is 0 Å². The Labute approximate surface area is 251 Å². The van der Waals surface area contributed by atoms with Crippen LogP contribution in [0.2, 0.25) is 0 Å².